The first kappa shape index (κ1) is 13.4. The number of rotatable bonds is 3. The summed E-state index contributed by atoms with van der Waals surface area (Å²) in [7, 11) is 0. The molecule has 4 heteroatoms. The lowest BCUT2D eigenvalue weighted by Gasteiger charge is -2.24. The Balaban J connectivity index is 1.79. The van der Waals surface area contributed by atoms with Crippen LogP contribution in [0.5, 0.6) is 0 Å². The predicted molar refractivity (Wildman–Crippen MR) is 74.6 cm³/mol. The van der Waals surface area contributed by atoms with E-state index in [2.05, 4.69) is 4.98 Å². The molecule has 1 amide bonds. The number of hydrogen-bond donors (Lipinski definition) is 0. The molecule has 0 atom stereocenters. The third kappa shape index (κ3) is 4.33. The molecule has 1 saturated heterocycles. The second kappa shape index (κ2) is 7.41. The fourth-order valence-electron chi connectivity index (χ4n) is 2.16. The molecule has 0 N–H and O–H groups in total. The second-order valence-corrected chi connectivity index (χ2v) is 5.60. The molecular formula is C14H20N2OS. The minimum absolute atomic E-state index is 0.257. The maximum absolute atomic E-state index is 12.1. The van der Waals surface area contributed by atoms with Crippen LogP contribution in [0.4, 0.5) is 0 Å². The second-order valence-electron chi connectivity index (χ2n) is 4.61. The van der Waals surface area contributed by atoms with Crippen molar-refractivity contribution in [3.63, 3.8) is 0 Å². The molecule has 3 nitrogen and oxygen atoms in total. The van der Waals surface area contributed by atoms with Crippen molar-refractivity contribution < 1.29 is 4.79 Å². The van der Waals surface area contributed by atoms with Gasteiger partial charge in [-0.05, 0) is 25.0 Å². The highest BCUT2D eigenvalue weighted by Gasteiger charge is 2.14. The zero-order valence-electron chi connectivity index (χ0n) is 10.7. The summed E-state index contributed by atoms with van der Waals surface area (Å²) < 4.78 is 0. The van der Waals surface area contributed by atoms with Crippen LogP contribution >= 0.6 is 11.8 Å². The van der Waals surface area contributed by atoms with Gasteiger partial charge in [0.2, 0.25) is 5.91 Å². The molecule has 18 heavy (non-hydrogen) atoms. The van der Waals surface area contributed by atoms with Crippen LogP contribution in [0.3, 0.4) is 0 Å². The highest BCUT2D eigenvalue weighted by Crippen LogP contribution is 2.16. The first-order chi connectivity index (χ1) is 8.86. The van der Waals surface area contributed by atoms with Crippen molar-refractivity contribution >= 4 is 17.7 Å². The molecule has 1 aromatic rings. The molecule has 98 valence electrons. The van der Waals surface area contributed by atoms with E-state index < -0.39 is 0 Å². The number of amides is 1. The van der Waals surface area contributed by atoms with Gasteiger partial charge in [-0.1, -0.05) is 37.1 Å². The Morgan fingerprint density at radius 1 is 1.17 bits per heavy atom. The molecule has 0 aromatic carbocycles. The van der Waals surface area contributed by atoms with Crippen LogP contribution in [0, 0.1) is 0 Å². The zero-order chi connectivity index (χ0) is 12.6. The van der Waals surface area contributed by atoms with Gasteiger partial charge in [-0.25, -0.2) is 4.98 Å². The van der Waals surface area contributed by atoms with Crippen molar-refractivity contribution in [1.29, 1.82) is 0 Å². The minimum atomic E-state index is 0.257. The molecule has 0 saturated carbocycles. The molecule has 0 bridgehead atoms. The van der Waals surface area contributed by atoms with Gasteiger partial charge < -0.3 is 4.90 Å². The topological polar surface area (TPSA) is 33.2 Å². The Morgan fingerprint density at radius 3 is 2.56 bits per heavy atom. The van der Waals surface area contributed by atoms with Crippen molar-refractivity contribution in [2.75, 3.05) is 18.8 Å². The number of pyridine rings is 1. The Labute approximate surface area is 113 Å². The van der Waals surface area contributed by atoms with Gasteiger partial charge in [-0.2, -0.15) is 0 Å². The summed E-state index contributed by atoms with van der Waals surface area (Å²) in [5, 5.41) is 0.929. The molecule has 1 aliphatic heterocycles. The summed E-state index contributed by atoms with van der Waals surface area (Å²) in [5.41, 5.74) is 0. The van der Waals surface area contributed by atoms with Crippen LogP contribution in [0.15, 0.2) is 29.4 Å². The van der Waals surface area contributed by atoms with Crippen LogP contribution in [-0.2, 0) is 4.79 Å². The summed E-state index contributed by atoms with van der Waals surface area (Å²) >= 11 is 1.53. The van der Waals surface area contributed by atoms with Crippen LogP contribution in [0.25, 0.3) is 0 Å². The number of likely N-dealkylation sites (tertiary alicyclic amines) is 1. The summed E-state index contributed by atoms with van der Waals surface area (Å²) in [6.07, 6.45) is 7.92. The average molecular weight is 264 g/mol. The fourth-order valence-corrected chi connectivity index (χ4v) is 2.92. The largest absolute Gasteiger partial charge is 0.342 e. The molecule has 1 fully saturated rings. The highest BCUT2D eigenvalue weighted by atomic mass is 32.2. The first-order valence-electron chi connectivity index (χ1n) is 6.68. The number of carbonyl (C=O) groups is 1. The average Bonchev–Trinajstić information content (AvgIpc) is 2.37. The number of thioether (sulfide) groups is 1. The van der Waals surface area contributed by atoms with Crippen molar-refractivity contribution in [3.05, 3.63) is 24.4 Å². The molecule has 1 aromatic heterocycles. The molecule has 2 rings (SSSR count). The van der Waals surface area contributed by atoms with E-state index in [1.165, 1.54) is 31.0 Å². The SMILES string of the molecule is O=C(CSc1ccccn1)N1CCCCCCC1. The van der Waals surface area contributed by atoms with Crippen LogP contribution in [0.2, 0.25) is 0 Å². The third-order valence-corrected chi connectivity index (χ3v) is 4.12. The van der Waals surface area contributed by atoms with Crippen molar-refractivity contribution in [2.24, 2.45) is 0 Å². The van der Waals surface area contributed by atoms with E-state index >= 15 is 0 Å². The standard InChI is InChI=1S/C14H20N2OS/c17-14(12-18-13-8-4-5-9-15-13)16-10-6-2-1-3-7-11-16/h4-5,8-9H,1-3,6-7,10-12H2. The van der Waals surface area contributed by atoms with E-state index in [4.69, 9.17) is 0 Å². The quantitative estimate of drug-likeness (QED) is 0.787. The van der Waals surface area contributed by atoms with Crippen molar-refractivity contribution in [3.8, 4) is 0 Å². The molecular weight excluding hydrogens is 244 g/mol. The highest BCUT2D eigenvalue weighted by molar-refractivity contribution is 7.99. The van der Waals surface area contributed by atoms with Gasteiger partial charge in [0, 0.05) is 19.3 Å². The van der Waals surface area contributed by atoms with Gasteiger partial charge in [-0.15, -0.1) is 0 Å². The van der Waals surface area contributed by atoms with Gasteiger partial charge in [0.1, 0.15) is 0 Å². The van der Waals surface area contributed by atoms with E-state index in [0.717, 1.165) is 31.0 Å². The summed E-state index contributed by atoms with van der Waals surface area (Å²) in [6.45, 7) is 1.86. The van der Waals surface area contributed by atoms with Crippen molar-refractivity contribution in [1.82, 2.24) is 9.88 Å². The smallest absolute Gasteiger partial charge is 0.232 e. The summed E-state index contributed by atoms with van der Waals surface area (Å²) in [5.74, 6) is 0.768. The first-order valence-corrected chi connectivity index (χ1v) is 7.66. The van der Waals surface area contributed by atoms with E-state index in [0.29, 0.717) is 5.75 Å². The maximum Gasteiger partial charge on any atom is 0.232 e. The number of aromatic nitrogens is 1. The Kier molecular flexibility index (Phi) is 5.52. The molecule has 2 heterocycles. The maximum atomic E-state index is 12.1. The van der Waals surface area contributed by atoms with Crippen molar-refractivity contribution in [2.45, 2.75) is 37.1 Å². The number of carbonyl (C=O) groups excluding carboxylic acids is 1. The Bertz CT molecular complexity index is 361. The van der Waals surface area contributed by atoms with E-state index in [-0.39, 0.29) is 5.91 Å². The molecule has 0 spiro atoms. The van der Waals surface area contributed by atoms with Crippen LogP contribution < -0.4 is 0 Å². The molecule has 0 aliphatic carbocycles. The Hall–Kier alpha value is -1.03. The normalized spacial score (nSPS) is 17.0. The lowest BCUT2D eigenvalue weighted by molar-refractivity contribution is -0.128. The third-order valence-electron chi connectivity index (χ3n) is 3.19. The predicted octanol–water partition coefficient (Wildman–Crippen LogP) is 2.97. The summed E-state index contributed by atoms with van der Waals surface area (Å²) in [4.78, 5) is 18.4. The van der Waals surface area contributed by atoms with Gasteiger partial charge in [0.15, 0.2) is 0 Å². The summed E-state index contributed by atoms with van der Waals surface area (Å²) in [6, 6.07) is 5.80. The van der Waals surface area contributed by atoms with Gasteiger partial charge in [0.05, 0.1) is 10.8 Å². The van der Waals surface area contributed by atoms with E-state index in [9.17, 15) is 4.79 Å². The number of nitrogens with zero attached hydrogens (tertiary/aromatic N) is 2. The zero-order valence-corrected chi connectivity index (χ0v) is 11.5. The Morgan fingerprint density at radius 2 is 1.89 bits per heavy atom. The molecule has 1 aliphatic rings. The van der Waals surface area contributed by atoms with E-state index in [1.807, 2.05) is 23.1 Å². The van der Waals surface area contributed by atoms with Gasteiger partial charge >= 0.3 is 0 Å². The number of hydrogen-bond acceptors (Lipinski definition) is 3. The van der Waals surface area contributed by atoms with Crippen LogP contribution in [-0.4, -0.2) is 34.6 Å². The lowest BCUT2D eigenvalue weighted by Crippen LogP contribution is -2.35. The van der Waals surface area contributed by atoms with Gasteiger partial charge in [-0.3, -0.25) is 4.79 Å². The molecule has 0 unspecified atom stereocenters. The van der Waals surface area contributed by atoms with E-state index in [1.54, 1.807) is 6.20 Å². The van der Waals surface area contributed by atoms with Crippen LogP contribution in [0.1, 0.15) is 32.1 Å². The lowest BCUT2D eigenvalue weighted by atomic mass is 10.1. The van der Waals surface area contributed by atoms with Gasteiger partial charge in [0.25, 0.3) is 0 Å². The molecule has 0 radical (unpaired) electrons. The minimum Gasteiger partial charge on any atom is -0.342 e. The fraction of sp³-hybridized carbons (Fsp3) is 0.571. The monoisotopic (exact) mass is 264 g/mol.